The standard InChI is InChI=1S/C6H10O7.C3H5NO/c7-1-2(8)4(5(10)11)13-6(12)3(1)9;5-3-1-2-4-3/h1-4,6-9,12H,(H,10,11);1-2H2,(H,4,5)/t1-,2-,3+,4-,6?;/m0./s1. The average molecular weight is 265 g/mol. The van der Waals surface area contributed by atoms with Gasteiger partial charge in [-0.2, -0.15) is 0 Å². The lowest BCUT2D eigenvalue weighted by Gasteiger charge is -2.36. The lowest BCUT2D eigenvalue weighted by Crippen LogP contribution is -2.59. The summed E-state index contributed by atoms with van der Waals surface area (Å²) in [4.78, 5) is 20.2. The van der Waals surface area contributed by atoms with Crippen LogP contribution < -0.4 is 5.32 Å². The highest BCUT2D eigenvalue weighted by Gasteiger charge is 2.46. The fourth-order valence-corrected chi connectivity index (χ4v) is 1.29. The van der Waals surface area contributed by atoms with Crippen molar-refractivity contribution < 1.29 is 39.9 Å². The van der Waals surface area contributed by atoms with Gasteiger partial charge in [0, 0.05) is 13.0 Å². The zero-order valence-corrected chi connectivity index (χ0v) is 9.26. The van der Waals surface area contributed by atoms with E-state index >= 15 is 0 Å². The molecule has 0 aromatic heterocycles. The number of aliphatic hydroxyl groups is 4. The van der Waals surface area contributed by atoms with Crippen molar-refractivity contribution in [2.45, 2.75) is 37.1 Å². The number of carboxylic acid groups (broad SMARTS) is 1. The summed E-state index contributed by atoms with van der Waals surface area (Å²) in [6.07, 6.45) is -7.99. The number of carbonyl (C=O) groups is 2. The molecule has 1 amide bonds. The second kappa shape index (κ2) is 6.07. The topological polar surface area (TPSA) is 157 Å². The number of amides is 1. The first-order valence-electron chi connectivity index (χ1n) is 5.22. The van der Waals surface area contributed by atoms with E-state index in [1.165, 1.54) is 0 Å². The second-order valence-electron chi connectivity index (χ2n) is 3.86. The fraction of sp³-hybridized carbons (Fsp3) is 0.778. The molecule has 0 aliphatic carbocycles. The summed E-state index contributed by atoms with van der Waals surface area (Å²) in [6, 6.07) is 0. The largest absolute Gasteiger partial charge is 0.479 e. The molecule has 0 aromatic carbocycles. The zero-order valence-electron chi connectivity index (χ0n) is 9.26. The lowest BCUT2D eigenvalue weighted by atomic mass is 9.99. The smallest absolute Gasteiger partial charge is 0.335 e. The molecule has 2 heterocycles. The number of rotatable bonds is 1. The Morgan fingerprint density at radius 3 is 2.00 bits per heavy atom. The summed E-state index contributed by atoms with van der Waals surface area (Å²) in [6.45, 7) is 0.888. The Morgan fingerprint density at radius 1 is 1.17 bits per heavy atom. The summed E-state index contributed by atoms with van der Waals surface area (Å²) in [5, 5.41) is 46.9. The molecule has 18 heavy (non-hydrogen) atoms. The van der Waals surface area contributed by atoms with Crippen molar-refractivity contribution in [1.82, 2.24) is 5.32 Å². The Labute approximate surface area is 102 Å². The van der Waals surface area contributed by atoms with Crippen molar-refractivity contribution in [3.05, 3.63) is 0 Å². The van der Waals surface area contributed by atoms with Crippen molar-refractivity contribution in [3.63, 3.8) is 0 Å². The molecule has 104 valence electrons. The van der Waals surface area contributed by atoms with Gasteiger partial charge in [0.25, 0.3) is 0 Å². The van der Waals surface area contributed by atoms with Crippen molar-refractivity contribution in [2.24, 2.45) is 0 Å². The van der Waals surface area contributed by atoms with Gasteiger partial charge in [-0.25, -0.2) is 4.79 Å². The van der Waals surface area contributed by atoms with Crippen LogP contribution in [0.1, 0.15) is 6.42 Å². The number of aliphatic carboxylic acids is 1. The third-order valence-electron chi connectivity index (χ3n) is 2.51. The van der Waals surface area contributed by atoms with Crippen LogP contribution in [0.4, 0.5) is 0 Å². The van der Waals surface area contributed by atoms with Crippen LogP contribution in [0.5, 0.6) is 0 Å². The fourth-order valence-electron chi connectivity index (χ4n) is 1.29. The summed E-state index contributed by atoms with van der Waals surface area (Å²) in [5.41, 5.74) is 0. The molecule has 2 aliphatic heterocycles. The van der Waals surface area contributed by atoms with Crippen LogP contribution in [0.3, 0.4) is 0 Å². The molecule has 2 rings (SSSR count). The van der Waals surface area contributed by atoms with E-state index < -0.39 is 36.7 Å². The molecule has 0 radical (unpaired) electrons. The molecule has 1 unspecified atom stereocenters. The SMILES string of the molecule is O=C(O)[C@H]1OC(O)[C@H](O)[C@@H](O)[C@@H]1O.O=C1CCN1. The summed E-state index contributed by atoms with van der Waals surface area (Å²) in [7, 11) is 0. The first-order chi connectivity index (χ1) is 8.34. The molecule has 9 heteroatoms. The summed E-state index contributed by atoms with van der Waals surface area (Å²) in [5.74, 6) is -1.33. The van der Waals surface area contributed by atoms with Crippen LogP contribution in [-0.4, -0.2) is 74.7 Å². The molecular formula is C9H15NO8. The minimum atomic E-state index is -1.81. The molecule has 9 nitrogen and oxygen atoms in total. The normalized spacial score (nSPS) is 38.9. The van der Waals surface area contributed by atoms with E-state index in [1.807, 2.05) is 0 Å². The Morgan fingerprint density at radius 2 is 1.67 bits per heavy atom. The first-order valence-corrected chi connectivity index (χ1v) is 5.22. The van der Waals surface area contributed by atoms with Crippen LogP contribution in [-0.2, 0) is 14.3 Å². The minimum Gasteiger partial charge on any atom is -0.479 e. The van der Waals surface area contributed by atoms with Crippen molar-refractivity contribution in [1.29, 1.82) is 0 Å². The number of β-lactam (4-membered cyclic amide) rings is 1. The highest BCUT2D eigenvalue weighted by molar-refractivity contribution is 5.81. The molecule has 0 saturated carbocycles. The van der Waals surface area contributed by atoms with Gasteiger partial charge in [0.2, 0.25) is 5.91 Å². The van der Waals surface area contributed by atoms with E-state index in [-0.39, 0.29) is 5.91 Å². The minimum absolute atomic E-state index is 0.185. The maximum absolute atomic E-state index is 10.4. The van der Waals surface area contributed by atoms with Gasteiger partial charge in [0.15, 0.2) is 12.4 Å². The molecule has 0 aromatic rings. The van der Waals surface area contributed by atoms with Gasteiger partial charge >= 0.3 is 5.97 Å². The predicted octanol–water partition coefficient (Wildman–Crippen LogP) is -3.62. The number of ether oxygens (including phenoxy) is 1. The molecule has 6 N–H and O–H groups in total. The molecule has 2 aliphatic rings. The highest BCUT2D eigenvalue weighted by Crippen LogP contribution is 2.19. The third-order valence-corrected chi connectivity index (χ3v) is 2.51. The maximum atomic E-state index is 10.4. The predicted molar refractivity (Wildman–Crippen MR) is 54.2 cm³/mol. The number of carboxylic acids is 1. The number of hydrogen-bond donors (Lipinski definition) is 6. The first kappa shape index (κ1) is 14.8. The van der Waals surface area contributed by atoms with Crippen molar-refractivity contribution >= 4 is 11.9 Å². The highest BCUT2D eigenvalue weighted by atomic mass is 16.6. The van der Waals surface area contributed by atoms with E-state index in [4.69, 9.17) is 25.5 Å². The summed E-state index contributed by atoms with van der Waals surface area (Å²) < 4.78 is 4.34. The van der Waals surface area contributed by atoms with Crippen molar-refractivity contribution in [3.8, 4) is 0 Å². The van der Waals surface area contributed by atoms with Gasteiger partial charge in [-0.05, 0) is 0 Å². The van der Waals surface area contributed by atoms with Gasteiger partial charge < -0.3 is 35.6 Å². The number of hydrogen-bond acceptors (Lipinski definition) is 7. The molecule has 2 saturated heterocycles. The van der Waals surface area contributed by atoms with Gasteiger partial charge in [-0.3, -0.25) is 4.79 Å². The molecular weight excluding hydrogens is 250 g/mol. The lowest BCUT2D eigenvalue weighted by molar-refractivity contribution is -0.279. The Balaban J connectivity index is 0.000000269. The van der Waals surface area contributed by atoms with Crippen LogP contribution in [0.15, 0.2) is 0 Å². The number of nitrogens with one attached hydrogen (secondary N) is 1. The van der Waals surface area contributed by atoms with E-state index in [2.05, 4.69) is 10.1 Å². The Bertz CT molecular complexity index is 316. The average Bonchev–Trinajstić information content (AvgIpc) is 2.29. The van der Waals surface area contributed by atoms with Crippen molar-refractivity contribution in [2.75, 3.05) is 6.54 Å². The third kappa shape index (κ3) is 3.37. The van der Waals surface area contributed by atoms with Gasteiger partial charge in [-0.15, -0.1) is 0 Å². The van der Waals surface area contributed by atoms with E-state index in [9.17, 15) is 9.59 Å². The number of aliphatic hydroxyl groups excluding tert-OH is 4. The maximum Gasteiger partial charge on any atom is 0.335 e. The molecule has 0 spiro atoms. The van der Waals surface area contributed by atoms with Crippen LogP contribution in [0, 0.1) is 0 Å². The number of carbonyl (C=O) groups excluding carboxylic acids is 1. The van der Waals surface area contributed by atoms with Gasteiger partial charge in [0.1, 0.15) is 18.3 Å². The van der Waals surface area contributed by atoms with Crippen LogP contribution in [0.25, 0.3) is 0 Å². The Hall–Kier alpha value is -1.26. The summed E-state index contributed by atoms with van der Waals surface area (Å²) >= 11 is 0. The molecule has 5 atom stereocenters. The molecule has 2 fully saturated rings. The van der Waals surface area contributed by atoms with E-state index in [1.54, 1.807) is 0 Å². The van der Waals surface area contributed by atoms with Crippen LogP contribution in [0.2, 0.25) is 0 Å². The second-order valence-corrected chi connectivity index (χ2v) is 3.86. The Kier molecular flexibility index (Phi) is 4.99. The quantitative estimate of drug-likeness (QED) is 0.265. The molecule has 0 bridgehead atoms. The van der Waals surface area contributed by atoms with Crippen LogP contribution >= 0.6 is 0 Å². The zero-order chi connectivity index (χ0) is 13.9. The van der Waals surface area contributed by atoms with E-state index in [0.29, 0.717) is 0 Å². The van der Waals surface area contributed by atoms with E-state index in [0.717, 1.165) is 13.0 Å². The monoisotopic (exact) mass is 265 g/mol. The van der Waals surface area contributed by atoms with Gasteiger partial charge in [0.05, 0.1) is 0 Å². The van der Waals surface area contributed by atoms with Gasteiger partial charge in [-0.1, -0.05) is 0 Å².